The van der Waals surface area contributed by atoms with Crippen LogP contribution in [0.3, 0.4) is 0 Å². The van der Waals surface area contributed by atoms with Crippen LogP contribution in [-0.2, 0) is 16.0 Å². The van der Waals surface area contributed by atoms with E-state index in [0.29, 0.717) is 30.4 Å². The first-order valence-corrected chi connectivity index (χ1v) is 12.8. The summed E-state index contributed by atoms with van der Waals surface area (Å²) in [6.07, 6.45) is 9.20. The van der Waals surface area contributed by atoms with Gasteiger partial charge >= 0.3 is 0 Å². The SMILES string of the molecule is C=C1CN(C(=O)/C=C/CN(C)CC)CCN1/C(=C\CCC)C(C)=O.CCCc1cc(F)ccc1Cl. The number of nitrogens with zero attached hydrogens (tertiary/aromatic N) is 3. The monoisotopic (exact) mass is 505 g/mol. The summed E-state index contributed by atoms with van der Waals surface area (Å²) in [6.45, 7) is 15.2. The van der Waals surface area contributed by atoms with Crippen molar-refractivity contribution in [3.05, 3.63) is 70.8 Å². The molecule has 0 aliphatic carbocycles. The van der Waals surface area contributed by atoms with E-state index in [1.807, 2.05) is 31.0 Å². The Labute approximate surface area is 215 Å². The van der Waals surface area contributed by atoms with Crippen molar-refractivity contribution in [2.75, 3.05) is 39.8 Å². The van der Waals surface area contributed by atoms with Crippen molar-refractivity contribution in [3.8, 4) is 0 Å². The second-order valence-corrected chi connectivity index (χ2v) is 9.06. The smallest absolute Gasteiger partial charge is 0.246 e. The molecule has 0 spiro atoms. The van der Waals surface area contributed by atoms with E-state index in [0.717, 1.165) is 50.0 Å². The average molecular weight is 506 g/mol. The average Bonchev–Trinajstić information content (AvgIpc) is 2.82. The van der Waals surface area contributed by atoms with Crippen molar-refractivity contribution < 1.29 is 14.0 Å². The van der Waals surface area contributed by atoms with Crippen LogP contribution < -0.4 is 0 Å². The van der Waals surface area contributed by atoms with E-state index in [-0.39, 0.29) is 17.5 Å². The van der Waals surface area contributed by atoms with Gasteiger partial charge in [0, 0.05) is 43.4 Å². The molecule has 0 unspecified atom stereocenters. The third kappa shape index (κ3) is 10.8. The molecule has 194 valence electrons. The van der Waals surface area contributed by atoms with Gasteiger partial charge in [-0.05, 0) is 50.2 Å². The lowest BCUT2D eigenvalue weighted by molar-refractivity contribution is -0.126. The number of ketones is 1. The number of hydrogen-bond donors (Lipinski definition) is 0. The predicted molar refractivity (Wildman–Crippen MR) is 144 cm³/mol. The Balaban J connectivity index is 0.000000462. The maximum atomic E-state index is 12.6. The van der Waals surface area contributed by atoms with E-state index >= 15 is 0 Å². The van der Waals surface area contributed by atoms with Gasteiger partial charge in [0.25, 0.3) is 0 Å². The number of carbonyl (C=O) groups excluding carboxylic acids is 2. The predicted octanol–water partition coefficient (Wildman–Crippen LogP) is 5.86. The van der Waals surface area contributed by atoms with Gasteiger partial charge in [-0.1, -0.05) is 63.9 Å². The molecule has 1 aromatic rings. The Hall–Kier alpha value is -2.44. The van der Waals surface area contributed by atoms with Gasteiger partial charge < -0.3 is 14.7 Å². The van der Waals surface area contributed by atoms with Crippen LogP contribution in [0.15, 0.2) is 54.4 Å². The Bertz CT molecular complexity index is 913. The topological polar surface area (TPSA) is 43.9 Å². The Morgan fingerprint density at radius 2 is 1.91 bits per heavy atom. The van der Waals surface area contributed by atoms with Gasteiger partial charge in [-0.2, -0.15) is 0 Å². The van der Waals surface area contributed by atoms with E-state index < -0.39 is 0 Å². The summed E-state index contributed by atoms with van der Waals surface area (Å²) in [7, 11) is 2.02. The number of benzene rings is 1. The van der Waals surface area contributed by atoms with Gasteiger partial charge in [-0.25, -0.2) is 4.39 Å². The lowest BCUT2D eigenvalue weighted by Gasteiger charge is -2.38. The molecule has 0 bridgehead atoms. The summed E-state index contributed by atoms with van der Waals surface area (Å²) in [5.41, 5.74) is 2.40. The number of halogens is 2. The minimum absolute atomic E-state index is 0.00205. The van der Waals surface area contributed by atoms with E-state index in [4.69, 9.17) is 11.6 Å². The summed E-state index contributed by atoms with van der Waals surface area (Å²) in [4.78, 5) is 30.0. The first-order chi connectivity index (χ1) is 16.6. The van der Waals surface area contributed by atoms with Crippen LogP contribution in [0.25, 0.3) is 0 Å². The van der Waals surface area contributed by atoms with Gasteiger partial charge in [-0.15, -0.1) is 0 Å². The first-order valence-electron chi connectivity index (χ1n) is 12.4. The highest BCUT2D eigenvalue weighted by Gasteiger charge is 2.25. The van der Waals surface area contributed by atoms with Gasteiger partial charge in [-0.3, -0.25) is 9.59 Å². The molecular formula is C28H41ClFN3O2. The van der Waals surface area contributed by atoms with E-state index in [9.17, 15) is 14.0 Å². The molecule has 1 fully saturated rings. The molecule has 1 heterocycles. The van der Waals surface area contributed by atoms with Crippen molar-refractivity contribution in [1.82, 2.24) is 14.7 Å². The number of unbranched alkanes of at least 4 members (excludes halogenated alkanes) is 1. The van der Waals surface area contributed by atoms with Crippen LogP contribution in [0.1, 0.15) is 52.5 Å². The normalized spacial score (nSPS) is 14.4. The summed E-state index contributed by atoms with van der Waals surface area (Å²) in [5.74, 6) is -0.160. The molecule has 0 N–H and O–H groups in total. The third-order valence-corrected chi connectivity index (χ3v) is 6.05. The van der Waals surface area contributed by atoms with Crippen molar-refractivity contribution >= 4 is 23.3 Å². The first kappa shape index (κ1) is 30.6. The van der Waals surface area contributed by atoms with Crippen molar-refractivity contribution in [3.63, 3.8) is 0 Å². The molecule has 0 atom stereocenters. The van der Waals surface area contributed by atoms with Gasteiger partial charge in [0.05, 0.1) is 12.2 Å². The number of piperazine rings is 1. The van der Waals surface area contributed by atoms with Crippen molar-refractivity contribution in [1.29, 1.82) is 0 Å². The summed E-state index contributed by atoms with van der Waals surface area (Å²) in [6, 6.07) is 4.47. The molecule has 1 aliphatic rings. The highest BCUT2D eigenvalue weighted by Crippen LogP contribution is 2.20. The number of carbonyl (C=O) groups is 2. The fourth-order valence-corrected chi connectivity index (χ4v) is 3.75. The lowest BCUT2D eigenvalue weighted by atomic mass is 10.1. The summed E-state index contributed by atoms with van der Waals surface area (Å²) in [5, 5.41) is 0.660. The molecule has 2 rings (SSSR count). The largest absolute Gasteiger partial charge is 0.340 e. The standard InChI is InChI=1S/C19H31N3O2.C9H10ClF/c1-6-8-10-18(17(4)23)22-14-13-21(15-16(22)3)19(24)11-9-12-20(5)7-2;1-2-3-7-6-8(11)4-5-9(7)10/h9-11H,3,6-8,12-15H2,1-2,4-5H3;4-6H,2-3H2,1H3/b11-9+,18-10-;. The highest BCUT2D eigenvalue weighted by molar-refractivity contribution is 6.31. The quantitative estimate of drug-likeness (QED) is 0.374. The van der Waals surface area contributed by atoms with Crippen LogP contribution >= 0.6 is 11.6 Å². The highest BCUT2D eigenvalue weighted by atomic mass is 35.5. The van der Waals surface area contributed by atoms with Crippen LogP contribution in [0.4, 0.5) is 4.39 Å². The van der Waals surface area contributed by atoms with Crippen LogP contribution in [0.5, 0.6) is 0 Å². The Morgan fingerprint density at radius 3 is 2.49 bits per heavy atom. The maximum absolute atomic E-state index is 12.6. The molecule has 35 heavy (non-hydrogen) atoms. The fourth-order valence-electron chi connectivity index (χ4n) is 3.54. The summed E-state index contributed by atoms with van der Waals surface area (Å²) < 4.78 is 12.6. The van der Waals surface area contributed by atoms with Crippen LogP contribution in [-0.4, -0.2) is 66.2 Å². The minimum Gasteiger partial charge on any atom is -0.340 e. The molecule has 1 aliphatic heterocycles. The molecule has 7 heteroatoms. The molecular weight excluding hydrogens is 465 g/mol. The van der Waals surface area contributed by atoms with Gasteiger partial charge in [0.1, 0.15) is 5.82 Å². The molecule has 0 aromatic heterocycles. The Kier molecular flexibility index (Phi) is 14.2. The zero-order chi connectivity index (χ0) is 26.4. The summed E-state index contributed by atoms with van der Waals surface area (Å²) >= 11 is 5.81. The number of hydrogen-bond acceptors (Lipinski definition) is 4. The van der Waals surface area contributed by atoms with Crippen molar-refractivity contribution in [2.24, 2.45) is 0 Å². The molecule has 1 saturated heterocycles. The maximum Gasteiger partial charge on any atom is 0.246 e. The van der Waals surface area contributed by atoms with Crippen LogP contribution in [0, 0.1) is 5.82 Å². The number of rotatable bonds is 10. The third-order valence-electron chi connectivity index (χ3n) is 5.68. The van der Waals surface area contributed by atoms with Crippen LogP contribution in [0.2, 0.25) is 5.02 Å². The second kappa shape index (κ2) is 16.3. The van der Waals surface area contributed by atoms with Gasteiger partial charge in [0.15, 0.2) is 5.78 Å². The van der Waals surface area contributed by atoms with E-state index in [1.54, 1.807) is 24.0 Å². The number of allylic oxidation sites excluding steroid dienone is 2. The number of amides is 1. The molecule has 0 saturated carbocycles. The number of Topliss-reactive ketones (excluding diaryl/α,β-unsaturated/α-hetero) is 1. The van der Waals surface area contributed by atoms with Crippen molar-refractivity contribution in [2.45, 2.75) is 53.4 Å². The van der Waals surface area contributed by atoms with E-state index in [1.165, 1.54) is 12.1 Å². The zero-order valence-electron chi connectivity index (χ0n) is 21.9. The molecule has 1 amide bonds. The molecule has 1 aromatic carbocycles. The minimum atomic E-state index is -0.210. The molecule has 0 radical (unpaired) electrons. The Morgan fingerprint density at radius 1 is 1.20 bits per heavy atom. The van der Waals surface area contributed by atoms with Gasteiger partial charge in [0.2, 0.25) is 5.91 Å². The lowest BCUT2D eigenvalue weighted by Crippen LogP contribution is -2.46. The molecule has 5 nitrogen and oxygen atoms in total. The fraction of sp³-hybridized carbons (Fsp3) is 0.500. The zero-order valence-corrected chi connectivity index (χ0v) is 22.7. The number of aryl methyl sites for hydroxylation is 1. The number of likely N-dealkylation sites (N-methyl/N-ethyl adjacent to an activating group) is 1. The van der Waals surface area contributed by atoms with E-state index in [2.05, 4.69) is 25.3 Å². The second-order valence-electron chi connectivity index (χ2n) is 8.65.